The summed E-state index contributed by atoms with van der Waals surface area (Å²) in [5, 5.41) is 12.4. The van der Waals surface area contributed by atoms with Gasteiger partial charge >= 0.3 is 0 Å². The van der Waals surface area contributed by atoms with E-state index in [1.54, 1.807) is 30.2 Å². The number of aryl methyl sites for hydroxylation is 2. The molecule has 1 saturated heterocycles. The molecule has 1 aliphatic heterocycles. The minimum Gasteiger partial charge on any atom is -0.495 e. The highest BCUT2D eigenvalue weighted by Crippen LogP contribution is 2.24. The van der Waals surface area contributed by atoms with Gasteiger partial charge in [-0.05, 0) is 37.5 Å². The largest absolute Gasteiger partial charge is 0.495 e. The zero-order valence-corrected chi connectivity index (χ0v) is 18.7. The molecule has 0 radical (unpaired) electrons. The number of carbonyl (C=O) groups is 3. The Hall–Kier alpha value is -3.40. The molecule has 1 aliphatic rings. The number of hydrogen-bond donors (Lipinski definition) is 3. The van der Waals surface area contributed by atoms with Crippen LogP contribution in [0.3, 0.4) is 0 Å². The van der Waals surface area contributed by atoms with Crippen molar-refractivity contribution in [3.8, 4) is 5.75 Å². The fourth-order valence-electron chi connectivity index (χ4n) is 3.59. The van der Waals surface area contributed by atoms with Gasteiger partial charge in [-0.25, -0.2) is 0 Å². The highest BCUT2D eigenvalue weighted by atomic mass is 16.5. The smallest absolute Gasteiger partial charge is 0.254 e. The molecule has 1 aromatic heterocycles. The minimum atomic E-state index is -0.320. The molecular formula is C22H30N6O4. The lowest BCUT2D eigenvalue weighted by Gasteiger charge is -2.31. The molecule has 3 rings (SSSR count). The van der Waals surface area contributed by atoms with Crippen LogP contribution in [0.5, 0.6) is 5.75 Å². The first-order valence-corrected chi connectivity index (χ1v) is 10.6. The Morgan fingerprint density at radius 2 is 1.94 bits per heavy atom. The number of ether oxygens (including phenoxy) is 1. The molecule has 0 aliphatic carbocycles. The average molecular weight is 443 g/mol. The molecule has 10 heteroatoms. The summed E-state index contributed by atoms with van der Waals surface area (Å²) in [6.45, 7) is 3.40. The Morgan fingerprint density at radius 3 is 2.59 bits per heavy atom. The molecule has 2 aromatic rings. The normalized spacial score (nSPS) is 14.6. The van der Waals surface area contributed by atoms with Crippen LogP contribution in [-0.2, 0) is 16.6 Å². The first-order valence-electron chi connectivity index (χ1n) is 10.6. The summed E-state index contributed by atoms with van der Waals surface area (Å²) in [5.74, 6) is -0.104. The van der Waals surface area contributed by atoms with Gasteiger partial charge in [-0.1, -0.05) is 6.07 Å². The van der Waals surface area contributed by atoms with Gasteiger partial charge < -0.3 is 20.7 Å². The molecule has 0 unspecified atom stereocenters. The predicted molar refractivity (Wildman–Crippen MR) is 120 cm³/mol. The molecule has 0 bridgehead atoms. The van der Waals surface area contributed by atoms with E-state index in [1.807, 2.05) is 24.0 Å². The van der Waals surface area contributed by atoms with Gasteiger partial charge in [-0.3, -0.25) is 24.0 Å². The summed E-state index contributed by atoms with van der Waals surface area (Å²) in [6.07, 6.45) is 4.74. The topological polar surface area (TPSA) is 118 Å². The van der Waals surface area contributed by atoms with Crippen molar-refractivity contribution in [2.75, 3.05) is 38.6 Å². The Kier molecular flexibility index (Phi) is 7.82. The molecule has 172 valence electrons. The van der Waals surface area contributed by atoms with Crippen molar-refractivity contribution >= 4 is 23.4 Å². The van der Waals surface area contributed by atoms with E-state index >= 15 is 0 Å². The number of nitrogens with zero attached hydrogens (tertiary/aromatic N) is 3. The van der Waals surface area contributed by atoms with Crippen LogP contribution in [0.25, 0.3) is 0 Å². The summed E-state index contributed by atoms with van der Waals surface area (Å²) in [7, 11) is 3.30. The number of amides is 3. The summed E-state index contributed by atoms with van der Waals surface area (Å²) < 4.78 is 6.84. The number of hydrogen-bond acceptors (Lipinski definition) is 6. The third-order valence-corrected chi connectivity index (χ3v) is 5.33. The van der Waals surface area contributed by atoms with E-state index in [2.05, 4.69) is 21.0 Å². The zero-order chi connectivity index (χ0) is 23.1. The van der Waals surface area contributed by atoms with Crippen LogP contribution in [0.15, 0.2) is 30.6 Å². The van der Waals surface area contributed by atoms with Crippen molar-refractivity contribution in [1.82, 2.24) is 25.3 Å². The van der Waals surface area contributed by atoms with Gasteiger partial charge in [-0.15, -0.1) is 0 Å². The maximum atomic E-state index is 12.3. The molecule has 3 N–H and O–H groups in total. The third-order valence-electron chi connectivity index (χ3n) is 5.33. The number of carbonyl (C=O) groups excluding carboxylic acids is 3. The number of likely N-dealkylation sites (tertiary alicyclic amines) is 1. The summed E-state index contributed by atoms with van der Waals surface area (Å²) in [4.78, 5) is 38.7. The second-order valence-electron chi connectivity index (χ2n) is 7.96. The van der Waals surface area contributed by atoms with Gasteiger partial charge in [0, 0.05) is 32.4 Å². The molecule has 0 atom stereocenters. The van der Waals surface area contributed by atoms with Gasteiger partial charge in [-0.2, -0.15) is 5.10 Å². The summed E-state index contributed by atoms with van der Waals surface area (Å²) in [5.41, 5.74) is 2.10. The molecule has 0 spiro atoms. The number of rotatable bonds is 8. The molecule has 32 heavy (non-hydrogen) atoms. The predicted octanol–water partition coefficient (Wildman–Crippen LogP) is 0.686. The number of aromatic nitrogens is 2. The van der Waals surface area contributed by atoms with Gasteiger partial charge in [0.2, 0.25) is 11.8 Å². The third kappa shape index (κ3) is 6.55. The number of methoxy groups -OCH3 is 1. The molecule has 0 saturated carbocycles. The van der Waals surface area contributed by atoms with Crippen LogP contribution in [0.1, 0.15) is 28.8 Å². The molecule has 1 fully saturated rings. The van der Waals surface area contributed by atoms with Crippen LogP contribution < -0.4 is 20.7 Å². The van der Waals surface area contributed by atoms with Crippen LogP contribution in [0.2, 0.25) is 0 Å². The van der Waals surface area contributed by atoms with Crippen molar-refractivity contribution in [3.05, 3.63) is 41.7 Å². The van der Waals surface area contributed by atoms with Crippen molar-refractivity contribution in [2.45, 2.75) is 25.8 Å². The second-order valence-corrected chi connectivity index (χ2v) is 7.96. The molecule has 1 aromatic carbocycles. The Bertz CT molecular complexity index is 965. The lowest BCUT2D eigenvalue weighted by molar-refractivity contribution is -0.125. The van der Waals surface area contributed by atoms with Gasteiger partial charge in [0.05, 0.1) is 37.6 Å². The van der Waals surface area contributed by atoms with Crippen molar-refractivity contribution < 1.29 is 19.1 Å². The van der Waals surface area contributed by atoms with E-state index in [9.17, 15) is 14.4 Å². The lowest BCUT2D eigenvalue weighted by Crippen LogP contribution is -2.48. The van der Waals surface area contributed by atoms with Crippen molar-refractivity contribution in [2.24, 2.45) is 7.05 Å². The molecule has 2 heterocycles. The van der Waals surface area contributed by atoms with Crippen LogP contribution in [0.4, 0.5) is 5.69 Å². The molecule has 3 amide bonds. The fraction of sp³-hybridized carbons (Fsp3) is 0.455. The number of anilines is 1. The first kappa shape index (κ1) is 23.3. The van der Waals surface area contributed by atoms with Gasteiger partial charge in [0.1, 0.15) is 5.75 Å². The summed E-state index contributed by atoms with van der Waals surface area (Å²) >= 11 is 0. The average Bonchev–Trinajstić information content (AvgIpc) is 3.20. The molecule has 10 nitrogen and oxygen atoms in total. The van der Waals surface area contributed by atoms with E-state index in [0.29, 0.717) is 30.1 Å². The first-order chi connectivity index (χ1) is 15.3. The maximum absolute atomic E-state index is 12.3. The van der Waals surface area contributed by atoms with E-state index in [1.165, 1.54) is 7.11 Å². The highest BCUT2D eigenvalue weighted by molar-refractivity contribution is 5.96. The molecular weight excluding hydrogens is 412 g/mol. The van der Waals surface area contributed by atoms with E-state index in [0.717, 1.165) is 18.4 Å². The minimum absolute atomic E-state index is 0.0668. The maximum Gasteiger partial charge on any atom is 0.254 e. The van der Waals surface area contributed by atoms with E-state index < -0.39 is 0 Å². The van der Waals surface area contributed by atoms with Gasteiger partial charge in [0.25, 0.3) is 5.91 Å². The number of nitrogens with one attached hydrogen (secondary N) is 3. The van der Waals surface area contributed by atoms with Crippen molar-refractivity contribution in [1.29, 1.82) is 0 Å². The van der Waals surface area contributed by atoms with Crippen LogP contribution >= 0.6 is 0 Å². The Labute approximate surface area is 187 Å². The number of benzene rings is 1. The van der Waals surface area contributed by atoms with Gasteiger partial charge in [0.15, 0.2) is 0 Å². The van der Waals surface area contributed by atoms with Crippen LogP contribution in [-0.4, -0.2) is 71.7 Å². The Balaban J connectivity index is 1.36. The Morgan fingerprint density at radius 1 is 1.19 bits per heavy atom. The second kappa shape index (κ2) is 10.8. The SMILES string of the molecule is COc1ccc(C)cc1NC(=O)CNC(=O)CN1CCC(NC(=O)c2cnn(C)c2)CC1. The standard InChI is InChI=1S/C22H30N6O4/c1-15-4-5-19(32-3)18(10-15)26-20(29)12-23-21(30)14-28-8-6-17(7-9-28)25-22(31)16-11-24-27(2)13-16/h4-5,10-11,13,17H,6-9,12,14H2,1-3H3,(H,23,30)(H,25,31)(H,26,29). The fourth-order valence-corrected chi connectivity index (χ4v) is 3.59. The number of piperidine rings is 1. The van der Waals surface area contributed by atoms with Crippen molar-refractivity contribution in [3.63, 3.8) is 0 Å². The van der Waals surface area contributed by atoms with E-state index in [-0.39, 0.29) is 36.9 Å². The highest BCUT2D eigenvalue weighted by Gasteiger charge is 2.23. The quantitative estimate of drug-likeness (QED) is 0.554. The van der Waals surface area contributed by atoms with E-state index in [4.69, 9.17) is 4.74 Å². The lowest BCUT2D eigenvalue weighted by atomic mass is 10.0. The monoisotopic (exact) mass is 442 g/mol. The zero-order valence-electron chi connectivity index (χ0n) is 18.7. The summed E-state index contributed by atoms with van der Waals surface area (Å²) in [6, 6.07) is 5.56. The van der Waals surface area contributed by atoms with Crippen LogP contribution in [0, 0.1) is 6.92 Å².